The molecule has 0 N–H and O–H groups in total. The van der Waals surface area contributed by atoms with E-state index in [1.54, 1.807) is 0 Å². The standard InChI is InChI=1S/C13H15BrN2/c1-9(2)13-15-11-6-4-5-7-12(11)16(13)8-10(3)14/h4-7,9H,3,8H2,1-2H3. The summed E-state index contributed by atoms with van der Waals surface area (Å²) in [5.41, 5.74) is 2.23. The summed E-state index contributed by atoms with van der Waals surface area (Å²) < 4.78 is 3.19. The van der Waals surface area contributed by atoms with Gasteiger partial charge in [-0.15, -0.1) is 0 Å². The topological polar surface area (TPSA) is 17.8 Å². The zero-order valence-corrected chi connectivity index (χ0v) is 11.2. The molecule has 1 heterocycles. The summed E-state index contributed by atoms with van der Waals surface area (Å²) in [5, 5.41) is 0. The van der Waals surface area contributed by atoms with Crippen LogP contribution in [0, 0.1) is 0 Å². The molecule has 0 fully saturated rings. The number of nitrogens with zero attached hydrogens (tertiary/aromatic N) is 2. The van der Waals surface area contributed by atoms with Gasteiger partial charge in [-0.25, -0.2) is 4.98 Å². The fourth-order valence-electron chi connectivity index (χ4n) is 1.87. The summed E-state index contributed by atoms with van der Waals surface area (Å²) in [6.07, 6.45) is 0. The second kappa shape index (κ2) is 4.42. The molecule has 2 rings (SSSR count). The third kappa shape index (κ3) is 2.05. The molecular formula is C13H15BrN2. The Morgan fingerprint density at radius 1 is 1.44 bits per heavy atom. The van der Waals surface area contributed by atoms with Crippen molar-refractivity contribution in [3.63, 3.8) is 0 Å². The number of aromatic nitrogens is 2. The maximum absolute atomic E-state index is 4.67. The van der Waals surface area contributed by atoms with E-state index in [2.05, 4.69) is 58.0 Å². The summed E-state index contributed by atoms with van der Waals surface area (Å²) in [7, 11) is 0. The van der Waals surface area contributed by atoms with Gasteiger partial charge < -0.3 is 4.57 Å². The molecule has 0 atom stereocenters. The van der Waals surface area contributed by atoms with Crippen LogP contribution in [0.5, 0.6) is 0 Å². The lowest BCUT2D eigenvalue weighted by Crippen LogP contribution is -2.05. The van der Waals surface area contributed by atoms with Gasteiger partial charge >= 0.3 is 0 Å². The summed E-state index contributed by atoms with van der Waals surface area (Å²) >= 11 is 3.42. The molecule has 0 aliphatic carbocycles. The van der Waals surface area contributed by atoms with Crippen molar-refractivity contribution in [1.29, 1.82) is 0 Å². The van der Waals surface area contributed by atoms with E-state index in [4.69, 9.17) is 0 Å². The van der Waals surface area contributed by atoms with Gasteiger partial charge in [-0.2, -0.15) is 0 Å². The Kier molecular flexibility index (Phi) is 3.15. The zero-order chi connectivity index (χ0) is 11.7. The Balaban J connectivity index is 2.64. The third-order valence-corrected chi connectivity index (χ3v) is 2.78. The Morgan fingerprint density at radius 3 is 2.75 bits per heavy atom. The first kappa shape index (κ1) is 11.4. The predicted molar refractivity (Wildman–Crippen MR) is 71.9 cm³/mol. The van der Waals surface area contributed by atoms with E-state index in [-0.39, 0.29) is 0 Å². The first-order chi connectivity index (χ1) is 7.59. The summed E-state index contributed by atoms with van der Waals surface area (Å²) in [4.78, 5) is 4.67. The van der Waals surface area contributed by atoms with E-state index < -0.39 is 0 Å². The van der Waals surface area contributed by atoms with Gasteiger partial charge in [-0.3, -0.25) is 0 Å². The highest BCUT2D eigenvalue weighted by atomic mass is 79.9. The smallest absolute Gasteiger partial charge is 0.112 e. The van der Waals surface area contributed by atoms with Crippen molar-refractivity contribution in [2.45, 2.75) is 26.3 Å². The fourth-order valence-corrected chi connectivity index (χ4v) is 2.12. The Morgan fingerprint density at radius 2 is 2.12 bits per heavy atom. The first-order valence-electron chi connectivity index (χ1n) is 5.38. The highest BCUT2D eigenvalue weighted by Gasteiger charge is 2.12. The van der Waals surface area contributed by atoms with Crippen molar-refractivity contribution < 1.29 is 0 Å². The first-order valence-corrected chi connectivity index (χ1v) is 6.17. The molecule has 0 bridgehead atoms. The number of para-hydroxylation sites is 2. The lowest BCUT2D eigenvalue weighted by atomic mass is 10.2. The van der Waals surface area contributed by atoms with Gasteiger partial charge in [0.15, 0.2) is 0 Å². The maximum atomic E-state index is 4.67. The molecule has 1 aromatic heterocycles. The zero-order valence-electron chi connectivity index (χ0n) is 9.57. The van der Waals surface area contributed by atoms with Gasteiger partial charge in [0, 0.05) is 10.4 Å². The molecule has 84 valence electrons. The van der Waals surface area contributed by atoms with Crippen LogP contribution in [0.3, 0.4) is 0 Å². The number of benzene rings is 1. The second-order valence-electron chi connectivity index (χ2n) is 4.22. The quantitative estimate of drug-likeness (QED) is 0.828. The number of imidazole rings is 1. The van der Waals surface area contributed by atoms with Gasteiger partial charge in [-0.05, 0) is 12.1 Å². The molecule has 0 spiro atoms. The van der Waals surface area contributed by atoms with Crippen LogP contribution in [-0.4, -0.2) is 9.55 Å². The van der Waals surface area contributed by atoms with Crippen molar-refractivity contribution in [3.05, 3.63) is 41.2 Å². The highest BCUT2D eigenvalue weighted by Crippen LogP contribution is 2.23. The predicted octanol–water partition coefficient (Wildman–Crippen LogP) is 4.07. The van der Waals surface area contributed by atoms with Crippen LogP contribution < -0.4 is 0 Å². The van der Waals surface area contributed by atoms with Crippen LogP contribution in [0.1, 0.15) is 25.6 Å². The van der Waals surface area contributed by atoms with E-state index in [1.807, 2.05) is 12.1 Å². The Bertz CT molecular complexity index is 526. The van der Waals surface area contributed by atoms with Gasteiger partial charge in [0.05, 0.1) is 17.6 Å². The van der Waals surface area contributed by atoms with E-state index in [1.165, 1.54) is 5.52 Å². The van der Waals surface area contributed by atoms with Crippen molar-refractivity contribution in [2.75, 3.05) is 0 Å². The van der Waals surface area contributed by atoms with E-state index in [9.17, 15) is 0 Å². The molecule has 2 nitrogen and oxygen atoms in total. The molecule has 0 aliphatic heterocycles. The van der Waals surface area contributed by atoms with Gasteiger partial charge in [0.1, 0.15) is 5.82 Å². The lowest BCUT2D eigenvalue weighted by Gasteiger charge is -2.10. The van der Waals surface area contributed by atoms with E-state index >= 15 is 0 Å². The molecule has 2 aromatic rings. The third-order valence-electron chi connectivity index (χ3n) is 2.53. The highest BCUT2D eigenvalue weighted by molar-refractivity contribution is 9.11. The maximum Gasteiger partial charge on any atom is 0.112 e. The molecule has 0 saturated carbocycles. The van der Waals surface area contributed by atoms with Crippen LogP contribution in [0.15, 0.2) is 35.3 Å². The van der Waals surface area contributed by atoms with Crippen LogP contribution in [0.25, 0.3) is 11.0 Å². The average Bonchev–Trinajstić information content (AvgIpc) is 2.57. The molecule has 3 heteroatoms. The van der Waals surface area contributed by atoms with Crippen molar-refractivity contribution in [3.8, 4) is 0 Å². The molecule has 0 radical (unpaired) electrons. The monoisotopic (exact) mass is 278 g/mol. The SMILES string of the molecule is C=C(Br)Cn1c(C(C)C)nc2ccccc21. The average molecular weight is 279 g/mol. The van der Waals surface area contributed by atoms with Crippen LogP contribution in [0.4, 0.5) is 0 Å². The van der Waals surface area contributed by atoms with Crippen molar-refractivity contribution >= 4 is 27.0 Å². The lowest BCUT2D eigenvalue weighted by molar-refractivity contribution is 0.690. The molecular weight excluding hydrogens is 264 g/mol. The number of halogens is 1. The summed E-state index contributed by atoms with van der Waals surface area (Å²) in [6, 6.07) is 8.22. The van der Waals surface area contributed by atoms with E-state index in [0.717, 1.165) is 22.4 Å². The Labute approximate surface area is 104 Å². The van der Waals surface area contributed by atoms with Crippen LogP contribution in [-0.2, 0) is 6.54 Å². The molecule has 0 amide bonds. The molecule has 0 unspecified atom stereocenters. The number of allylic oxidation sites excluding steroid dienone is 1. The molecule has 0 saturated heterocycles. The summed E-state index contributed by atoms with van der Waals surface area (Å²) in [6.45, 7) is 9.00. The van der Waals surface area contributed by atoms with E-state index in [0.29, 0.717) is 5.92 Å². The largest absolute Gasteiger partial charge is 0.323 e. The normalized spacial score (nSPS) is 11.2. The molecule has 16 heavy (non-hydrogen) atoms. The second-order valence-corrected chi connectivity index (χ2v) is 5.34. The van der Waals surface area contributed by atoms with Crippen molar-refractivity contribution in [1.82, 2.24) is 9.55 Å². The minimum Gasteiger partial charge on any atom is -0.323 e. The number of hydrogen-bond acceptors (Lipinski definition) is 1. The van der Waals surface area contributed by atoms with Crippen LogP contribution >= 0.6 is 15.9 Å². The fraction of sp³-hybridized carbons (Fsp3) is 0.308. The van der Waals surface area contributed by atoms with Gasteiger partial charge in [-0.1, -0.05) is 48.5 Å². The number of rotatable bonds is 3. The minimum absolute atomic E-state index is 0.416. The molecule has 1 aromatic carbocycles. The minimum atomic E-state index is 0.416. The number of hydrogen-bond donors (Lipinski definition) is 0. The number of fused-ring (bicyclic) bond motifs is 1. The van der Waals surface area contributed by atoms with Gasteiger partial charge in [0.25, 0.3) is 0 Å². The Hall–Kier alpha value is -1.09. The van der Waals surface area contributed by atoms with Gasteiger partial charge in [0.2, 0.25) is 0 Å². The van der Waals surface area contributed by atoms with Crippen molar-refractivity contribution in [2.24, 2.45) is 0 Å². The summed E-state index contributed by atoms with van der Waals surface area (Å²) in [5.74, 6) is 1.53. The molecule has 0 aliphatic rings. The van der Waals surface area contributed by atoms with Crippen LogP contribution in [0.2, 0.25) is 0 Å².